The quantitative estimate of drug-likeness (QED) is 0.572. The summed E-state index contributed by atoms with van der Waals surface area (Å²) >= 11 is 0. The van der Waals surface area contributed by atoms with Crippen molar-refractivity contribution in [3.63, 3.8) is 0 Å². The average Bonchev–Trinajstić information content (AvgIpc) is 2.54. The standard InChI is InChI=1S/C21H24F2.H2/c1-13-4-6-16(7-5-13)17-8-10-18(11-9-17)19-14(2)12-15(3)20(22)21(19)23;/h8-13,16H,4-7H2,1-3H3;1H. The lowest BCUT2D eigenvalue weighted by Gasteiger charge is -2.26. The van der Waals surface area contributed by atoms with Gasteiger partial charge in [0.05, 0.1) is 0 Å². The normalized spacial score (nSPS) is 21.4. The molecule has 0 N–H and O–H groups in total. The molecule has 0 spiro atoms. The van der Waals surface area contributed by atoms with Crippen LogP contribution in [-0.4, -0.2) is 0 Å². The third-order valence-corrected chi connectivity index (χ3v) is 5.27. The Morgan fingerprint density at radius 2 is 1.48 bits per heavy atom. The van der Waals surface area contributed by atoms with E-state index < -0.39 is 11.6 Å². The van der Waals surface area contributed by atoms with Gasteiger partial charge in [0.2, 0.25) is 0 Å². The summed E-state index contributed by atoms with van der Waals surface area (Å²) in [7, 11) is 0. The maximum absolute atomic E-state index is 14.3. The molecule has 2 aromatic rings. The van der Waals surface area contributed by atoms with Crippen LogP contribution in [-0.2, 0) is 0 Å². The van der Waals surface area contributed by atoms with Crippen LogP contribution in [0, 0.1) is 31.4 Å². The third-order valence-electron chi connectivity index (χ3n) is 5.27. The Balaban J connectivity index is 0.00000208. The highest BCUT2D eigenvalue weighted by atomic mass is 19.2. The molecule has 0 heterocycles. The lowest BCUT2D eigenvalue weighted by Crippen LogP contribution is -2.10. The number of rotatable bonds is 2. The van der Waals surface area contributed by atoms with Crippen molar-refractivity contribution >= 4 is 0 Å². The van der Waals surface area contributed by atoms with Crippen LogP contribution in [0.2, 0.25) is 0 Å². The summed E-state index contributed by atoms with van der Waals surface area (Å²) in [4.78, 5) is 0. The van der Waals surface area contributed by atoms with Gasteiger partial charge in [-0.15, -0.1) is 0 Å². The lowest BCUT2D eigenvalue weighted by atomic mass is 9.79. The summed E-state index contributed by atoms with van der Waals surface area (Å²) in [6.45, 7) is 5.75. The van der Waals surface area contributed by atoms with Crippen LogP contribution >= 0.6 is 0 Å². The molecule has 1 aliphatic carbocycles. The van der Waals surface area contributed by atoms with E-state index in [1.165, 1.54) is 31.2 Å². The minimum atomic E-state index is -0.740. The molecule has 1 aliphatic rings. The highest BCUT2D eigenvalue weighted by Crippen LogP contribution is 2.37. The van der Waals surface area contributed by atoms with Crippen molar-refractivity contribution in [2.24, 2.45) is 5.92 Å². The Labute approximate surface area is 139 Å². The summed E-state index contributed by atoms with van der Waals surface area (Å²) in [5.74, 6) is -0.0311. The van der Waals surface area contributed by atoms with E-state index in [0.29, 0.717) is 17.0 Å². The fourth-order valence-corrected chi connectivity index (χ4v) is 3.79. The molecular formula is C21H26F2. The molecule has 0 aromatic heterocycles. The molecule has 0 saturated heterocycles. The van der Waals surface area contributed by atoms with E-state index in [1.807, 2.05) is 19.1 Å². The third kappa shape index (κ3) is 3.17. The maximum atomic E-state index is 14.3. The summed E-state index contributed by atoms with van der Waals surface area (Å²) in [5, 5.41) is 0. The van der Waals surface area contributed by atoms with Crippen LogP contribution in [0.4, 0.5) is 8.78 Å². The first-order valence-electron chi connectivity index (χ1n) is 8.53. The van der Waals surface area contributed by atoms with Gasteiger partial charge in [0.1, 0.15) is 0 Å². The average molecular weight is 316 g/mol. The van der Waals surface area contributed by atoms with Crippen LogP contribution < -0.4 is 0 Å². The van der Waals surface area contributed by atoms with Crippen molar-refractivity contribution in [3.05, 3.63) is 58.7 Å². The van der Waals surface area contributed by atoms with Gasteiger partial charge in [-0.25, -0.2) is 8.78 Å². The second-order valence-corrected chi connectivity index (χ2v) is 7.09. The number of halogens is 2. The maximum Gasteiger partial charge on any atom is 0.167 e. The van der Waals surface area contributed by atoms with Crippen molar-refractivity contribution in [1.29, 1.82) is 0 Å². The van der Waals surface area contributed by atoms with Gasteiger partial charge in [-0.3, -0.25) is 0 Å². The fraction of sp³-hybridized carbons (Fsp3) is 0.429. The van der Waals surface area contributed by atoms with E-state index in [-0.39, 0.29) is 1.43 Å². The summed E-state index contributed by atoms with van der Waals surface area (Å²) < 4.78 is 28.2. The van der Waals surface area contributed by atoms with Gasteiger partial charge < -0.3 is 0 Å². The summed E-state index contributed by atoms with van der Waals surface area (Å²) in [5.41, 5.74) is 3.60. The van der Waals surface area contributed by atoms with Crippen LogP contribution in [0.5, 0.6) is 0 Å². The largest absolute Gasteiger partial charge is 0.203 e. The molecule has 2 aromatic carbocycles. The molecule has 124 valence electrons. The van der Waals surface area contributed by atoms with Gasteiger partial charge in [-0.1, -0.05) is 50.1 Å². The number of benzene rings is 2. The molecular weight excluding hydrogens is 290 g/mol. The van der Waals surface area contributed by atoms with Crippen LogP contribution in [0.3, 0.4) is 0 Å². The Morgan fingerprint density at radius 3 is 2.09 bits per heavy atom. The molecule has 0 nitrogen and oxygen atoms in total. The second-order valence-electron chi connectivity index (χ2n) is 7.09. The zero-order chi connectivity index (χ0) is 16.6. The Bertz CT molecular complexity index is 699. The van der Waals surface area contributed by atoms with Gasteiger partial charge in [0.15, 0.2) is 11.6 Å². The van der Waals surface area contributed by atoms with Crippen LogP contribution in [0.1, 0.15) is 56.6 Å². The molecule has 2 heteroatoms. The molecule has 23 heavy (non-hydrogen) atoms. The molecule has 3 rings (SSSR count). The van der Waals surface area contributed by atoms with Crippen molar-refractivity contribution in [2.45, 2.75) is 52.4 Å². The zero-order valence-corrected chi connectivity index (χ0v) is 14.1. The van der Waals surface area contributed by atoms with E-state index in [0.717, 1.165) is 17.0 Å². The molecule has 0 unspecified atom stereocenters. The number of hydrogen-bond acceptors (Lipinski definition) is 0. The van der Waals surface area contributed by atoms with Gasteiger partial charge >= 0.3 is 0 Å². The van der Waals surface area contributed by atoms with Crippen LogP contribution in [0.15, 0.2) is 30.3 Å². The van der Waals surface area contributed by atoms with E-state index in [4.69, 9.17) is 0 Å². The van der Waals surface area contributed by atoms with E-state index in [1.54, 1.807) is 13.0 Å². The number of hydrogen-bond donors (Lipinski definition) is 0. The Hall–Kier alpha value is -1.70. The highest BCUT2D eigenvalue weighted by molar-refractivity contribution is 5.69. The van der Waals surface area contributed by atoms with E-state index in [9.17, 15) is 8.78 Å². The first-order chi connectivity index (χ1) is 11.0. The summed E-state index contributed by atoms with van der Waals surface area (Å²) in [6.07, 6.45) is 5.02. The Kier molecular flexibility index (Phi) is 4.52. The first kappa shape index (κ1) is 16.2. The molecule has 1 fully saturated rings. The van der Waals surface area contributed by atoms with Crippen LogP contribution in [0.25, 0.3) is 11.1 Å². The minimum Gasteiger partial charge on any atom is -0.203 e. The Morgan fingerprint density at radius 1 is 0.870 bits per heavy atom. The smallest absolute Gasteiger partial charge is 0.167 e. The molecule has 0 bridgehead atoms. The van der Waals surface area contributed by atoms with Crippen molar-refractivity contribution in [3.8, 4) is 11.1 Å². The van der Waals surface area contributed by atoms with Gasteiger partial charge in [0, 0.05) is 6.99 Å². The molecule has 0 aliphatic heterocycles. The zero-order valence-electron chi connectivity index (χ0n) is 14.1. The topological polar surface area (TPSA) is 0 Å². The van der Waals surface area contributed by atoms with Gasteiger partial charge in [-0.2, -0.15) is 0 Å². The predicted molar refractivity (Wildman–Crippen MR) is 93.8 cm³/mol. The minimum absolute atomic E-state index is 0. The highest BCUT2D eigenvalue weighted by Gasteiger charge is 2.20. The fourth-order valence-electron chi connectivity index (χ4n) is 3.79. The van der Waals surface area contributed by atoms with Crippen molar-refractivity contribution in [1.82, 2.24) is 0 Å². The van der Waals surface area contributed by atoms with Gasteiger partial charge in [-0.05, 0) is 60.8 Å². The SMILES string of the molecule is Cc1cc(C)c(-c2ccc(C3CCC(C)CC3)cc2)c(F)c1F.[HH]. The van der Waals surface area contributed by atoms with Crippen molar-refractivity contribution < 1.29 is 10.2 Å². The first-order valence-corrected chi connectivity index (χ1v) is 8.53. The number of aryl methyl sites for hydroxylation is 2. The lowest BCUT2D eigenvalue weighted by molar-refractivity contribution is 0.348. The summed E-state index contributed by atoms with van der Waals surface area (Å²) in [6, 6.07) is 9.77. The monoisotopic (exact) mass is 316 g/mol. The molecule has 1 saturated carbocycles. The molecule has 0 radical (unpaired) electrons. The van der Waals surface area contributed by atoms with Crippen molar-refractivity contribution in [2.75, 3.05) is 0 Å². The second kappa shape index (κ2) is 6.43. The molecule has 0 atom stereocenters. The van der Waals surface area contributed by atoms with Gasteiger partial charge in [0.25, 0.3) is 0 Å². The van der Waals surface area contributed by atoms with E-state index in [2.05, 4.69) is 19.1 Å². The predicted octanol–water partition coefficient (Wildman–Crippen LogP) is 6.79. The van der Waals surface area contributed by atoms with E-state index >= 15 is 0 Å². The molecule has 0 amide bonds.